The van der Waals surface area contributed by atoms with Crippen LogP contribution in [0.15, 0.2) is 48.5 Å². The Balaban J connectivity index is 0.00000180. The molecule has 1 atom stereocenters. The summed E-state index contributed by atoms with van der Waals surface area (Å²) < 4.78 is 10.7. The van der Waals surface area contributed by atoms with Gasteiger partial charge in [0.05, 0.1) is 22.6 Å². The van der Waals surface area contributed by atoms with Crippen LogP contribution in [0.5, 0.6) is 11.5 Å². The van der Waals surface area contributed by atoms with Crippen LogP contribution in [0.3, 0.4) is 0 Å². The Kier molecular flexibility index (Phi) is 5.91. The second kappa shape index (κ2) is 7.20. The van der Waals surface area contributed by atoms with E-state index in [1.807, 2.05) is 18.2 Å². The van der Waals surface area contributed by atoms with Crippen molar-refractivity contribution in [1.82, 2.24) is 0 Å². The van der Waals surface area contributed by atoms with E-state index in [9.17, 15) is 0 Å². The largest absolute Gasteiger partial charge is 0.497 e. The molecule has 0 fully saturated rings. The zero-order valence-corrected chi connectivity index (χ0v) is 11.8. The predicted octanol–water partition coefficient (Wildman–Crippen LogP) is 1.58. The van der Waals surface area contributed by atoms with Gasteiger partial charge in [-0.2, -0.15) is 0 Å². The Morgan fingerprint density at radius 2 is 1.58 bits per heavy atom. The maximum absolute atomic E-state index is 5.45. The van der Waals surface area contributed by atoms with E-state index in [0.717, 1.165) is 11.5 Å². The highest BCUT2D eigenvalue weighted by Crippen LogP contribution is 2.34. The number of rotatable bonds is 4. The molecule has 0 bridgehead atoms. The van der Waals surface area contributed by atoms with Gasteiger partial charge in [0.2, 0.25) is 0 Å². The first-order chi connectivity index (χ1) is 8.76. The minimum absolute atomic E-state index is 0. The van der Waals surface area contributed by atoms with Crippen molar-refractivity contribution in [2.24, 2.45) is 0 Å². The van der Waals surface area contributed by atoms with Crippen LogP contribution in [0.25, 0.3) is 0 Å². The molecule has 2 rings (SSSR count). The third-order valence-electron chi connectivity index (χ3n) is 2.89. The minimum atomic E-state index is -0.424. The topological polar surface area (TPSA) is 18.5 Å². The molecule has 0 heterocycles. The van der Waals surface area contributed by atoms with Gasteiger partial charge in [-0.1, -0.05) is 30.3 Å². The average Bonchev–Trinajstić information content (AvgIpc) is 2.46. The molecule has 0 saturated carbocycles. The van der Waals surface area contributed by atoms with Crippen molar-refractivity contribution < 1.29 is 9.47 Å². The van der Waals surface area contributed by atoms with Crippen molar-refractivity contribution in [3.05, 3.63) is 48.5 Å². The molecule has 100 valence electrons. The van der Waals surface area contributed by atoms with Crippen LogP contribution in [0.2, 0.25) is 0 Å². The Hall–Kier alpha value is -1.47. The van der Waals surface area contributed by atoms with Gasteiger partial charge in [-0.05, 0) is 38.1 Å². The van der Waals surface area contributed by atoms with E-state index in [4.69, 9.17) is 9.47 Å². The lowest BCUT2D eigenvalue weighted by Gasteiger charge is -2.17. The molecule has 0 aliphatic heterocycles. The molecule has 0 saturated heterocycles. The van der Waals surface area contributed by atoms with E-state index in [1.165, 1.54) is 10.6 Å². The molecule has 0 aliphatic rings. The molecule has 2 aromatic carbocycles. The summed E-state index contributed by atoms with van der Waals surface area (Å²) in [5, 5.41) is 2.54. The number of ether oxygens (including phenoxy) is 2. The molecule has 19 heavy (non-hydrogen) atoms. The molecule has 0 radical (unpaired) electrons. The molecule has 2 aromatic rings. The van der Waals surface area contributed by atoms with Gasteiger partial charge >= 0.3 is 0 Å². The summed E-state index contributed by atoms with van der Waals surface area (Å²) in [4.78, 5) is 0. The first-order valence-electron chi connectivity index (χ1n) is 5.77. The van der Waals surface area contributed by atoms with Gasteiger partial charge in [0.15, 0.2) is 0 Å². The first kappa shape index (κ1) is 15.6. The smallest absolute Gasteiger partial charge is 0.127 e. The zero-order valence-electron chi connectivity index (χ0n) is 10.9. The van der Waals surface area contributed by atoms with Crippen LogP contribution in [0.4, 0.5) is 0 Å². The Morgan fingerprint density at radius 3 is 2.16 bits per heavy atom. The second-order valence-corrected chi connectivity index (χ2v) is 6.05. The quantitative estimate of drug-likeness (QED) is 0.622. The SMILES string of the molecule is B.COc1ccc(OC)c(P(C)c2ccccc2)c1. The molecular weight excluding hydrogens is 254 g/mol. The van der Waals surface area contributed by atoms with Gasteiger partial charge in [-0.15, -0.1) is 0 Å². The van der Waals surface area contributed by atoms with Gasteiger partial charge in [0.1, 0.15) is 11.5 Å². The van der Waals surface area contributed by atoms with Crippen LogP contribution < -0.4 is 20.1 Å². The van der Waals surface area contributed by atoms with Crippen LogP contribution >= 0.6 is 7.92 Å². The molecule has 0 aromatic heterocycles. The fraction of sp³-hybridized carbons (Fsp3) is 0.200. The highest BCUT2D eigenvalue weighted by molar-refractivity contribution is 7.72. The normalized spacial score (nSPS) is 11.3. The molecule has 0 amide bonds. The number of hydrogen-bond acceptors (Lipinski definition) is 2. The Morgan fingerprint density at radius 1 is 0.895 bits per heavy atom. The van der Waals surface area contributed by atoms with Crippen molar-refractivity contribution in [3.8, 4) is 11.5 Å². The molecule has 0 spiro atoms. The minimum Gasteiger partial charge on any atom is -0.497 e. The average molecular weight is 274 g/mol. The standard InChI is InChI=1S/C15H17O2P.BH3/c1-16-12-9-10-14(17-2)15(11-12)18(3)13-7-5-4-6-8-13;/h4-11H,1-3H3;1H3. The van der Waals surface area contributed by atoms with Gasteiger partial charge in [0.25, 0.3) is 0 Å². The van der Waals surface area contributed by atoms with E-state index in [-0.39, 0.29) is 8.41 Å². The number of methoxy groups -OCH3 is 2. The number of benzene rings is 2. The fourth-order valence-electron chi connectivity index (χ4n) is 1.85. The van der Waals surface area contributed by atoms with E-state index in [2.05, 4.69) is 37.0 Å². The van der Waals surface area contributed by atoms with Crippen LogP contribution in [-0.4, -0.2) is 29.3 Å². The maximum Gasteiger partial charge on any atom is 0.127 e. The summed E-state index contributed by atoms with van der Waals surface area (Å²) in [6.07, 6.45) is 0. The van der Waals surface area contributed by atoms with Gasteiger partial charge in [-0.25, -0.2) is 0 Å². The van der Waals surface area contributed by atoms with E-state index in [1.54, 1.807) is 14.2 Å². The molecule has 2 nitrogen and oxygen atoms in total. The van der Waals surface area contributed by atoms with E-state index < -0.39 is 7.92 Å². The Bertz CT molecular complexity index is 517. The summed E-state index contributed by atoms with van der Waals surface area (Å²) >= 11 is 0. The molecule has 0 N–H and O–H groups in total. The summed E-state index contributed by atoms with van der Waals surface area (Å²) in [6.45, 7) is 2.24. The van der Waals surface area contributed by atoms with Crippen molar-refractivity contribution >= 4 is 26.9 Å². The summed E-state index contributed by atoms with van der Waals surface area (Å²) in [7, 11) is 2.97. The molecule has 1 unspecified atom stereocenters. The monoisotopic (exact) mass is 274 g/mol. The van der Waals surface area contributed by atoms with Crippen molar-refractivity contribution in [2.45, 2.75) is 0 Å². The highest BCUT2D eigenvalue weighted by Gasteiger charge is 2.13. The summed E-state index contributed by atoms with van der Waals surface area (Å²) in [5.74, 6) is 1.80. The van der Waals surface area contributed by atoms with Crippen LogP contribution in [0, 0.1) is 0 Å². The predicted molar refractivity (Wildman–Crippen MR) is 88.0 cm³/mol. The first-order valence-corrected chi connectivity index (χ1v) is 7.56. The Labute approximate surface area is 118 Å². The van der Waals surface area contributed by atoms with Gasteiger partial charge in [-0.3, -0.25) is 0 Å². The third-order valence-corrected chi connectivity index (χ3v) is 5.04. The lowest BCUT2D eigenvalue weighted by molar-refractivity contribution is 0.406. The van der Waals surface area contributed by atoms with Crippen LogP contribution in [0.1, 0.15) is 0 Å². The summed E-state index contributed by atoms with van der Waals surface area (Å²) in [5.41, 5.74) is 0. The van der Waals surface area contributed by atoms with Crippen LogP contribution in [-0.2, 0) is 0 Å². The van der Waals surface area contributed by atoms with Crippen molar-refractivity contribution in [2.75, 3.05) is 20.9 Å². The maximum atomic E-state index is 5.45. The van der Waals surface area contributed by atoms with Gasteiger partial charge in [0, 0.05) is 5.30 Å². The summed E-state index contributed by atoms with van der Waals surface area (Å²) in [6, 6.07) is 16.5. The fourth-order valence-corrected chi connectivity index (χ4v) is 3.56. The van der Waals surface area contributed by atoms with Gasteiger partial charge < -0.3 is 9.47 Å². The molecule has 0 aliphatic carbocycles. The second-order valence-electron chi connectivity index (χ2n) is 3.93. The molecular formula is C15H20BO2P. The zero-order chi connectivity index (χ0) is 13.0. The van der Waals surface area contributed by atoms with E-state index in [0.29, 0.717) is 0 Å². The molecule has 4 heteroatoms. The lowest BCUT2D eigenvalue weighted by Crippen LogP contribution is -2.13. The third kappa shape index (κ3) is 3.51. The van der Waals surface area contributed by atoms with Crippen molar-refractivity contribution in [3.63, 3.8) is 0 Å². The van der Waals surface area contributed by atoms with E-state index >= 15 is 0 Å². The lowest BCUT2D eigenvalue weighted by atomic mass is 10.3. The highest BCUT2D eigenvalue weighted by atomic mass is 31.1. The number of hydrogen-bond donors (Lipinski definition) is 0. The van der Waals surface area contributed by atoms with Crippen molar-refractivity contribution in [1.29, 1.82) is 0 Å².